The molecule has 0 radical (unpaired) electrons. The van der Waals surface area contributed by atoms with E-state index in [0.717, 1.165) is 5.56 Å². The van der Waals surface area contributed by atoms with E-state index >= 15 is 0 Å². The van der Waals surface area contributed by atoms with Crippen molar-refractivity contribution in [2.24, 2.45) is 5.92 Å². The molecule has 1 aromatic heterocycles. The van der Waals surface area contributed by atoms with Crippen molar-refractivity contribution in [1.82, 2.24) is 15.2 Å². The van der Waals surface area contributed by atoms with Crippen LogP contribution in [0.4, 0.5) is 13.2 Å². The number of halogens is 3. The van der Waals surface area contributed by atoms with E-state index < -0.39 is 24.0 Å². The highest BCUT2D eigenvalue weighted by molar-refractivity contribution is 5.90. The van der Waals surface area contributed by atoms with Crippen molar-refractivity contribution in [1.29, 1.82) is 0 Å². The molecule has 1 aromatic rings. The monoisotopic (exact) mass is 757 g/mol. The second-order valence-electron chi connectivity index (χ2n) is 10.7. The van der Waals surface area contributed by atoms with E-state index in [2.05, 4.69) is 10.3 Å². The number of aliphatic carboxylic acids is 2. The molecule has 1 aliphatic heterocycles. The highest BCUT2D eigenvalue weighted by Gasteiger charge is 2.42. The first kappa shape index (κ1) is 46.5. The van der Waals surface area contributed by atoms with E-state index in [1.807, 2.05) is 6.07 Å². The number of carboxylic acid groups (broad SMARTS) is 2. The highest BCUT2D eigenvalue weighted by atomic mass is 19.4. The number of rotatable bonds is 29. The van der Waals surface area contributed by atoms with Gasteiger partial charge in [-0.3, -0.25) is 19.4 Å². The average Bonchev–Trinajstić information content (AvgIpc) is 3.41. The number of ether oxygens (including phenoxy) is 8. The van der Waals surface area contributed by atoms with Gasteiger partial charge in [0, 0.05) is 32.4 Å². The number of amides is 2. The summed E-state index contributed by atoms with van der Waals surface area (Å²) in [7, 11) is 1.71. The number of carbonyl (C=O) groups excluding carboxylic acids is 2. The molecule has 1 aliphatic rings. The molecule has 2 atom stereocenters. The van der Waals surface area contributed by atoms with Crippen molar-refractivity contribution in [3.8, 4) is 0 Å². The van der Waals surface area contributed by atoms with Crippen molar-refractivity contribution in [3.05, 3.63) is 30.1 Å². The minimum absolute atomic E-state index is 0.00992. The van der Waals surface area contributed by atoms with Crippen molar-refractivity contribution in [2.45, 2.75) is 25.1 Å². The molecule has 2 rings (SSSR count). The van der Waals surface area contributed by atoms with Gasteiger partial charge in [0.05, 0.1) is 124 Å². The third-order valence-corrected chi connectivity index (χ3v) is 6.80. The third-order valence-electron chi connectivity index (χ3n) is 6.80. The predicted molar refractivity (Wildman–Crippen MR) is 173 cm³/mol. The number of carboxylic acids is 2. The second-order valence-corrected chi connectivity index (χ2v) is 10.7. The minimum Gasteiger partial charge on any atom is -0.481 e. The number of hydrogen-bond donors (Lipinski definition) is 3. The van der Waals surface area contributed by atoms with Crippen LogP contribution >= 0.6 is 0 Å². The molecule has 0 aliphatic carbocycles. The van der Waals surface area contributed by atoms with Crippen molar-refractivity contribution in [2.75, 3.05) is 119 Å². The fourth-order valence-corrected chi connectivity index (χ4v) is 4.29. The number of carbonyl (C=O) groups is 4. The molecule has 1 fully saturated rings. The summed E-state index contributed by atoms with van der Waals surface area (Å²) in [6.45, 7) is 6.96. The number of likely N-dealkylation sites (tertiary alicyclic amines) is 1. The van der Waals surface area contributed by atoms with Crippen molar-refractivity contribution >= 4 is 23.8 Å². The summed E-state index contributed by atoms with van der Waals surface area (Å²) < 4.78 is 74.9. The molecule has 52 heavy (non-hydrogen) atoms. The lowest BCUT2D eigenvalue weighted by Gasteiger charge is -2.24. The highest BCUT2D eigenvalue weighted by Crippen LogP contribution is 2.36. The van der Waals surface area contributed by atoms with Gasteiger partial charge < -0.3 is 58.3 Å². The van der Waals surface area contributed by atoms with Gasteiger partial charge in [0.25, 0.3) is 0 Å². The molecule has 0 bridgehead atoms. The van der Waals surface area contributed by atoms with Gasteiger partial charge in [0.15, 0.2) is 0 Å². The molecule has 0 aromatic carbocycles. The summed E-state index contributed by atoms with van der Waals surface area (Å²) in [5.41, 5.74) is 0.844. The van der Waals surface area contributed by atoms with Crippen LogP contribution in [0.2, 0.25) is 0 Å². The molecule has 0 saturated carbocycles. The zero-order valence-electron chi connectivity index (χ0n) is 29.2. The van der Waals surface area contributed by atoms with Gasteiger partial charge in [-0.2, -0.15) is 13.2 Å². The van der Waals surface area contributed by atoms with Gasteiger partial charge in [0.2, 0.25) is 11.8 Å². The Kier molecular flexibility index (Phi) is 26.0. The van der Waals surface area contributed by atoms with Gasteiger partial charge in [-0.15, -0.1) is 0 Å². The summed E-state index contributed by atoms with van der Waals surface area (Å²) in [4.78, 5) is 49.9. The third kappa shape index (κ3) is 23.1. The molecule has 298 valence electrons. The van der Waals surface area contributed by atoms with E-state index in [9.17, 15) is 27.6 Å². The van der Waals surface area contributed by atoms with Crippen LogP contribution in [0.25, 0.3) is 0 Å². The predicted octanol–water partition coefficient (Wildman–Crippen LogP) is 0.958. The molecule has 0 unspecified atom stereocenters. The summed E-state index contributed by atoms with van der Waals surface area (Å²) >= 11 is 0. The van der Waals surface area contributed by atoms with Gasteiger partial charge in [-0.05, 0) is 11.6 Å². The Morgan fingerprint density at radius 3 is 1.54 bits per heavy atom. The van der Waals surface area contributed by atoms with Crippen LogP contribution < -0.4 is 5.32 Å². The molecule has 17 nitrogen and oxygen atoms in total. The van der Waals surface area contributed by atoms with Crippen LogP contribution in [0.15, 0.2) is 24.5 Å². The van der Waals surface area contributed by atoms with Gasteiger partial charge >= 0.3 is 18.1 Å². The lowest BCUT2D eigenvalue weighted by Crippen LogP contribution is -2.36. The van der Waals surface area contributed by atoms with E-state index in [4.69, 9.17) is 52.9 Å². The smallest absolute Gasteiger partial charge is 0.481 e. The molecule has 3 N–H and O–H groups in total. The first-order chi connectivity index (χ1) is 24.9. The quantitative estimate of drug-likeness (QED) is 0.0972. The van der Waals surface area contributed by atoms with E-state index in [-0.39, 0.29) is 37.3 Å². The number of nitrogens with zero attached hydrogens (tertiary/aromatic N) is 2. The number of alkyl halides is 3. The molecular weight excluding hydrogens is 707 g/mol. The topological polar surface area (TPSA) is 211 Å². The van der Waals surface area contributed by atoms with Gasteiger partial charge in [0.1, 0.15) is 0 Å². The van der Waals surface area contributed by atoms with Crippen LogP contribution in [0, 0.1) is 5.92 Å². The molecule has 2 heterocycles. The fourth-order valence-electron chi connectivity index (χ4n) is 4.29. The van der Waals surface area contributed by atoms with E-state index in [1.165, 1.54) is 0 Å². The average molecular weight is 758 g/mol. The fraction of sp³-hybridized carbons (Fsp3) is 0.719. The number of pyridine rings is 1. The number of hydrogen-bond acceptors (Lipinski definition) is 13. The molecule has 1 saturated heterocycles. The molecule has 20 heteroatoms. The molecule has 2 amide bonds. The maximum Gasteiger partial charge on any atom is 0.490 e. The zero-order valence-corrected chi connectivity index (χ0v) is 29.2. The van der Waals surface area contributed by atoms with Crippen LogP contribution in [0.3, 0.4) is 0 Å². The summed E-state index contributed by atoms with van der Waals surface area (Å²) in [5.74, 6) is -4.33. The SMILES string of the molecule is CN1C(=O)C[C@H](C(=O)NCCOCCOCCOCCOCCOCCOCCOCCOCCC(=O)O)[C@H]1c1cccnc1.O=C(O)C(F)(F)F. The van der Waals surface area contributed by atoms with Crippen LogP contribution in [-0.2, 0) is 57.1 Å². The standard InChI is InChI=1S/C30H49N3O12.C2HF3O2/c1-33-27(34)23-26(29(33)25-3-2-5-31-24-25)30(37)32-6-8-39-10-12-41-14-16-43-18-20-45-22-21-44-19-17-42-15-13-40-11-9-38-7-4-28(35)36;3-2(4,5)1(6)7/h2-3,5,24,26,29H,4,6-23H2,1H3,(H,32,37)(H,35,36);(H,6,7)/t26-,29+;/m0./s1. The Morgan fingerprint density at radius 1 is 0.769 bits per heavy atom. The lowest BCUT2D eigenvalue weighted by molar-refractivity contribution is -0.192. The Labute approximate surface area is 299 Å². The summed E-state index contributed by atoms with van der Waals surface area (Å²) in [6.07, 6.45) is -1.56. The Balaban J connectivity index is 0.00000174. The number of nitrogens with one attached hydrogen (secondary N) is 1. The van der Waals surface area contributed by atoms with E-state index in [0.29, 0.717) is 106 Å². The second kappa shape index (κ2) is 29.0. The largest absolute Gasteiger partial charge is 0.490 e. The normalized spacial score (nSPS) is 15.7. The van der Waals surface area contributed by atoms with Gasteiger partial charge in [-0.25, -0.2) is 4.79 Å². The summed E-state index contributed by atoms with van der Waals surface area (Å²) in [5, 5.41) is 18.5. The first-order valence-electron chi connectivity index (χ1n) is 16.5. The first-order valence-corrected chi connectivity index (χ1v) is 16.5. The Bertz CT molecular complexity index is 1120. The molecule has 0 spiro atoms. The lowest BCUT2D eigenvalue weighted by atomic mass is 9.94. The molecular formula is C32H50F3N3O14. The van der Waals surface area contributed by atoms with Crippen molar-refractivity contribution < 1.29 is 80.5 Å². The minimum atomic E-state index is -5.08. The van der Waals surface area contributed by atoms with Crippen molar-refractivity contribution in [3.63, 3.8) is 0 Å². The maximum atomic E-state index is 12.7. The van der Waals surface area contributed by atoms with Crippen LogP contribution in [0.5, 0.6) is 0 Å². The van der Waals surface area contributed by atoms with Crippen LogP contribution in [0.1, 0.15) is 24.4 Å². The zero-order chi connectivity index (χ0) is 38.5. The summed E-state index contributed by atoms with van der Waals surface area (Å²) in [6, 6.07) is 3.36. The Hall–Kier alpha value is -3.50. The number of aromatic nitrogens is 1. The van der Waals surface area contributed by atoms with Gasteiger partial charge in [-0.1, -0.05) is 6.07 Å². The Morgan fingerprint density at radius 2 is 1.17 bits per heavy atom. The van der Waals surface area contributed by atoms with E-state index in [1.54, 1.807) is 30.4 Å². The maximum absolute atomic E-state index is 12.7. The van der Waals surface area contributed by atoms with Crippen LogP contribution in [-0.4, -0.2) is 169 Å².